The van der Waals surface area contributed by atoms with E-state index in [-0.39, 0.29) is 0 Å². The molecule has 0 fully saturated rings. The Balaban J connectivity index is 2.70. The van der Waals surface area contributed by atoms with E-state index >= 15 is 0 Å². The van der Waals surface area contributed by atoms with Gasteiger partial charge >= 0.3 is 0 Å². The van der Waals surface area contributed by atoms with Crippen molar-refractivity contribution in [2.75, 3.05) is 0 Å². The van der Waals surface area contributed by atoms with Gasteiger partial charge in [0.25, 0.3) is 0 Å². The van der Waals surface area contributed by atoms with Crippen molar-refractivity contribution in [1.82, 2.24) is 9.97 Å². The lowest BCUT2D eigenvalue weighted by Crippen LogP contribution is -1.88. The van der Waals surface area contributed by atoms with Crippen molar-refractivity contribution in [2.45, 2.75) is 19.8 Å². The monoisotopic (exact) mass is 272 g/mol. The van der Waals surface area contributed by atoms with Crippen molar-refractivity contribution in [2.24, 2.45) is 0 Å². The number of halogens is 2. The third-order valence-electron chi connectivity index (χ3n) is 2.07. The lowest BCUT2D eigenvalue weighted by molar-refractivity contribution is 0.799. The van der Waals surface area contributed by atoms with Gasteiger partial charge < -0.3 is 4.98 Å². The molecule has 0 aliphatic rings. The highest BCUT2D eigenvalue weighted by molar-refractivity contribution is 9.10. The summed E-state index contributed by atoms with van der Waals surface area (Å²) in [6.07, 6.45) is 0. The van der Waals surface area contributed by atoms with Crippen molar-refractivity contribution in [3.63, 3.8) is 0 Å². The molecule has 0 aliphatic heterocycles. The van der Waals surface area contributed by atoms with Crippen molar-refractivity contribution in [3.05, 3.63) is 27.5 Å². The summed E-state index contributed by atoms with van der Waals surface area (Å²) in [7, 11) is 0. The second kappa shape index (κ2) is 3.55. The number of aromatic amines is 1. The first-order valence-electron chi connectivity index (χ1n) is 4.42. The minimum Gasteiger partial charge on any atom is -0.342 e. The van der Waals surface area contributed by atoms with E-state index in [1.807, 2.05) is 12.1 Å². The molecular formula is C10H10BrClN2. The van der Waals surface area contributed by atoms with Crippen LogP contribution in [0.1, 0.15) is 25.6 Å². The van der Waals surface area contributed by atoms with Crippen molar-refractivity contribution in [1.29, 1.82) is 0 Å². The fourth-order valence-corrected chi connectivity index (χ4v) is 2.23. The van der Waals surface area contributed by atoms with Crippen molar-refractivity contribution in [3.8, 4) is 0 Å². The van der Waals surface area contributed by atoms with Crippen LogP contribution in [0.5, 0.6) is 0 Å². The number of rotatable bonds is 1. The molecule has 0 spiro atoms. The van der Waals surface area contributed by atoms with Gasteiger partial charge in [-0.15, -0.1) is 0 Å². The Bertz CT molecular complexity index is 476. The number of hydrogen-bond acceptors (Lipinski definition) is 1. The number of benzene rings is 1. The summed E-state index contributed by atoms with van der Waals surface area (Å²) in [6.45, 7) is 4.21. The van der Waals surface area contributed by atoms with E-state index in [1.54, 1.807) is 0 Å². The highest BCUT2D eigenvalue weighted by atomic mass is 79.9. The Hall–Kier alpha value is -0.540. The lowest BCUT2D eigenvalue weighted by atomic mass is 10.2. The Morgan fingerprint density at radius 3 is 2.79 bits per heavy atom. The number of aromatic nitrogens is 2. The Kier molecular flexibility index (Phi) is 2.54. The topological polar surface area (TPSA) is 28.7 Å². The summed E-state index contributed by atoms with van der Waals surface area (Å²) in [4.78, 5) is 7.74. The number of nitrogens with one attached hydrogen (secondary N) is 1. The lowest BCUT2D eigenvalue weighted by Gasteiger charge is -1.95. The molecule has 0 radical (unpaired) electrons. The van der Waals surface area contributed by atoms with Crippen LogP contribution >= 0.6 is 27.5 Å². The second-order valence-corrected chi connectivity index (χ2v) is 4.85. The number of H-pyrrole nitrogens is 1. The molecule has 0 saturated carbocycles. The van der Waals surface area contributed by atoms with Gasteiger partial charge in [-0.3, -0.25) is 0 Å². The molecule has 1 aromatic heterocycles. The van der Waals surface area contributed by atoms with Gasteiger partial charge in [0, 0.05) is 15.4 Å². The van der Waals surface area contributed by atoms with E-state index < -0.39 is 0 Å². The first-order chi connectivity index (χ1) is 6.58. The molecule has 0 aliphatic carbocycles. The molecule has 0 amide bonds. The average molecular weight is 274 g/mol. The van der Waals surface area contributed by atoms with Crippen LogP contribution < -0.4 is 0 Å². The van der Waals surface area contributed by atoms with Gasteiger partial charge in [-0.1, -0.05) is 25.4 Å². The van der Waals surface area contributed by atoms with Gasteiger partial charge in [0.15, 0.2) is 0 Å². The van der Waals surface area contributed by atoms with E-state index in [0.717, 1.165) is 21.3 Å². The van der Waals surface area contributed by atoms with Crippen LogP contribution in [0.25, 0.3) is 11.0 Å². The smallest absolute Gasteiger partial charge is 0.109 e. The van der Waals surface area contributed by atoms with Crippen LogP contribution in [0.2, 0.25) is 5.02 Å². The predicted molar refractivity (Wildman–Crippen MR) is 62.9 cm³/mol. The van der Waals surface area contributed by atoms with E-state index in [0.29, 0.717) is 10.9 Å². The van der Waals surface area contributed by atoms with Gasteiger partial charge in [0.2, 0.25) is 0 Å². The zero-order chi connectivity index (χ0) is 10.3. The number of imidazole rings is 1. The van der Waals surface area contributed by atoms with Gasteiger partial charge in [0.1, 0.15) is 11.3 Å². The molecular weight excluding hydrogens is 263 g/mol. The first-order valence-corrected chi connectivity index (χ1v) is 5.59. The zero-order valence-electron chi connectivity index (χ0n) is 7.94. The summed E-state index contributed by atoms with van der Waals surface area (Å²) in [6, 6.07) is 3.75. The first kappa shape index (κ1) is 9.99. The van der Waals surface area contributed by atoms with Crippen LogP contribution in [-0.2, 0) is 0 Å². The van der Waals surface area contributed by atoms with Crippen LogP contribution in [0, 0.1) is 0 Å². The Morgan fingerprint density at radius 1 is 1.43 bits per heavy atom. The van der Waals surface area contributed by atoms with Crippen LogP contribution in [-0.4, -0.2) is 9.97 Å². The molecule has 2 rings (SSSR count). The third kappa shape index (κ3) is 1.66. The SMILES string of the molecule is CC(C)c1nc2c(Br)cc(Cl)cc2[nH]1. The fraction of sp³-hybridized carbons (Fsp3) is 0.300. The largest absolute Gasteiger partial charge is 0.342 e. The third-order valence-corrected chi connectivity index (χ3v) is 2.89. The molecule has 2 aromatic rings. The minimum atomic E-state index is 0.396. The minimum absolute atomic E-state index is 0.396. The molecule has 0 unspecified atom stereocenters. The van der Waals surface area contributed by atoms with E-state index in [1.165, 1.54) is 0 Å². The zero-order valence-corrected chi connectivity index (χ0v) is 10.3. The van der Waals surface area contributed by atoms with E-state index in [4.69, 9.17) is 11.6 Å². The number of nitrogens with zero attached hydrogens (tertiary/aromatic N) is 1. The standard InChI is InChI=1S/C10H10BrClN2/c1-5(2)10-13-8-4-6(12)3-7(11)9(8)14-10/h3-5H,1-2H3,(H,13,14). The normalized spacial score (nSPS) is 11.5. The van der Waals surface area contributed by atoms with Gasteiger partial charge in [-0.25, -0.2) is 4.98 Å². The van der Waals surface area contributed by atoms with Crippen molar-refractivity contribution < 1.29 is 0 Å². The summed E-state index contributed by atoms with van der Waals surface area (Å²) in [5.41, 5.74) is 1.92. The molecule has 2 nitrogen and oxygen atoms in total. The highest BCUT2D eigenvalue weighted by Crippen LogP contribution is 2.27. The molecule has 14 heavy (non-hydrogen) atoms. The molecule has 1 aromatic carbocycles. The summed E-state index contributed by atoms with van der Waals surface area (Å²) < 4.78 is 0.933. The molecule has 1 heterocycles. The second-order valence-electron chi connectivity index (χ2n) is 3.56. The average Bonchev–Trinajstić information content (AvgIpc) is 2.47. The molecule has 0 bridgehead atoms. The van der Waals surface area contributed by atoms with E-state index in [9.17, 15) is 0 Å². The van der Waals surface area contributed by atoms with Gasteiger partial charge in [-0.2, -0.15) is 0 Å². The molecule has 0 atom stereocenters. The summed E-state index contributed by atoms with van der Waals surface area (Å²) in [5, 5.41) is 0.711. The maximum absolute atomic E-state index is 5.94. The quantitative estimate of drug-likeness (QED) is 0.832. The van der Waals surface area contributed by atoms with Gasteiger partial charge in [0.05, 0.1) is 5.52 Å². The highest BCUT2D eigenvalue weighted by Gasteiger charge is 2.09. The van der Waals surface area contributed by atoms with Crippen LogP contribution in [0.15, 0.2) is 16.6 Å². The summed E-state index contributed by atoms with van der Waals surface area (Å²) >= 11 is 9.38. The van der Waals surface area contributed by atoms with Crippen LogP contribution in [0.3, 0.4) is 0 Å². The number of hydrogen-bond donors (Lipinski definition) is 1. The molecule has 1 N–H and O–H groups in total. The van der Waals surface area contributed by atoms with E-state index in [2.05, 4.69) is 39.7 Å². The predicted octanol–water partition coefficient (Wildman–Crippen LogP) is 4.10. The number of fused-ring (bicyclic) bond motifs is 1. The van der Waals surface area contributed by atoms with Crippen LogP contribution in [0.4, 0.5) is 0 Å². The maximum Gasteiger partial charge on any atom is 0.109 e. The molecule has 74 valence electrons. The maximum atomic E-state index is 5.94. The summed E-state index contributed by atoms with van der Waals surface area (Å²) in [5.74, 6) is 1.39. The fourth-order valence-electron chi connectivity index (χ4n) is 1.33. The molecule has 4 heteroatoms. The van der Waals surface area contributed by atoms with Crippen molar-refractivity contribution >= 4 is 38.6 Å². The Morgan fingerprint density at radius 2 is 2.14 bits per heavy atom. The molecule has 0 saturated heterocycles. The van der Waals surface area contributed by atoms with Gasteiger partial charge in [-0.05, 0) is 28.1 Å². The Labute approximate surface area is 95.8 Å².